The average molecular weight is 383 g/mol. The molecule has 2 unspecified atom stereocenters. The van der Waals surface area contributed by atoms with Crippen molar-refractivity contribution in [2.75, 3.05) is 12.4 Å². The van der Waals surface area contributed by atoms with Gasteiger partial charge in [0, 0.05) is 28.5 Å². The molecule has 0 aliphatic carbocycles. The lowest BCUT2D eigenvalue weighted by atomic mass is 10.1. The number of fused-ring (bicyclic) bond motifs is 1. The standard InChI is InChI=1S/C21H21NO4S/c1-3-13-26-21(24)17-11-12-22-18(17)9-10-19(22)20(23)15-5-7-16(8-6-15)27(25)14-4-2/h3-10,17H,1-2,11-14H2. The Balaban J connectivity index is 1.79. The molecule has 0 amide bonds. The first-order chi connectivity index (χ1) is 13.1. The molecule has 0 N–H and O–H groups in total. The molecule has 0 saturated carbocycles. The number of rotatable bonds is 8. The minimum Gasteiger partial charge on any atom is -0.461 e. The Morgan fingerprint density at radius 3 is 2.56 bits per heavy atom. The molecule has 1 aliphatic heterocycles. The number of hydrogen-bond acceptors (Lipinski definition) is 4. The van der Waals surface area contributed by atoms with Gasteiger partial charge in [0.25, 0.3) is 0 Å². The van der Waals surface area contributed by atoms with E-state index in [0.717, 1.165) is 5.69 Å². The summed E-state index contributed by atoms with van der Waals surface area (Å²) in [5, 5.41) is 0. The lowest BCUT2D eigenvalue weighted by molar-refractivity contribution is -0.144. The Bertz CT molecular complexity index is 911. The van der Waals surface area contributed by atoms with Crippen LogP contribution in [0, 0.1) is 0 Å². The second-order valence-corrected chi connectivity index (χ2v) is 7.71. The summed E-state index contributed by atoms with van der Waals surface area (Å²) >= 11 is 0. The van der Waals surface area contributed by atoms with Gasteiger partial charge in [0.1, 0.15) is 6.61 Å². The number of aromatic nitrogens is 1. The summed E-state index contributed by atoms with van der Waals surface area (Å²) in [7, 11) is -1.15. The molecule has 0 saturated heterocycles. The second kappa shape index (κ2) is 8.31. The van der Waals surface area contributed by atoms with Crippen LogP contribution < -0.4 is 0 Å². The Hall–Kier alpha value is -2.73. The van der Waals surface area contributed by atoms with E-state index in [2.05, 4.69) is 13.2 Å². The molecule has 0 radical (unpaired) electrons. The summed E-state index contributed by atoms with van der Waals surface area (Å²) in [6.45, 7) is 7.90. The number of esters is 1. The van der Waals surface area contributed by atoms with E-state index in [1.54, 1.807) is 36.4 Å². The molecule has 1 aromatic carbocycles. The third kappa shape index (κ3) is 3.85. The highest BCUT2D eigenvalue weighted by Crippen LogP contribution is 2.32. The highest BCUT2D eigenvalue weighted by atomic mass is 32.2. The van der Waals surface area contributed by atoms with E-state index in [9.17, 15) is 13.8 Å². The molecule has 0 spiro atoms. The maximum absolute atomic E-state index is 12.9. The van der Waals surface area contributed by atoms with Gasteiger partial charge < -0.3 is 9.30 Å². The smallest absolute Gasteiger partial charge is 0.315 e. The van der Waals surface area contributed by atoms with E-state index in [4.69, 9.17) is 4.74 Å². The van der Waals surface area contributed by atoms with Crippen LogP contribution >= 0.6 is 0 Å². The predicted molar refractivity (Wildman–Crippen MR) is 104 cm³/mol. The topological polar surface area (TPSA) is 65.4 Å². The third-order valence-corrected chi connectivity index (χ3v) is 5.86. The van der Waals surface area contributed by atoms with Gasteiger partial charge in [-0.05, 0) is 42.8 Å². The van der Waals surface area contributed by atoms with Crippen molar-refractivity contribution in [3.63, 3.8) is 0 Å². The van der Waals surface area contributed by atoms with Crippen molar-refractivity contribution < 1.29 is 18.5 Å². The molecule has 2 atom stereocenters. The Labute approximate surface area is 160 Å². The normalized spacial score (nSPS) is 16.4. The van der Waals surface area contributed by atoms with Gasteiger partial charge in [-0.2, -0.15) is 0 Å². The quantitative estimate of drug-likeness (QED) is 0.399. The van der Waals surface area contributed by atoms with E-state index in [1.165, 1.54) is 6.08 Å². The van der Waals surface area contributed by atoms with Crippen molar-refractivity contribution in [1.82, 2.24) is 4.57 Å². The van der Waals surface area contributed by atoms with Crippen molar-refractivity contribution >= 4 is 22.6 Å². The van der Waals surface area contributed by atoms with Crippen molar-refractivity contribution in [3.8, 4) is 0 Å². The summed E-state index contributed by atoms with van der Waals surface area (Å²) in [6, 6.07) is 10.3. The Morgan fingerprint density at radius 1 is 1.15 bits per heavy atom. The number of carbonyl (C=O) groups is 2. The van der Waals surface area contributed by atoms with Gasteiger partial charge >= 0.3 is 5.97 Å². The monoisotopic (exact) mass is 383 g/mol. The highest BCUT2D eigenvalue weighted by molar-refractivity contribution is 7.85. The van der Waals surface area contributed by atoms with Crippen molar-refractivity contribution in [1.29, 1.82) is 0 Å². The number of carbonyl (C=O) groups excluding carboxylic acids is 2. The zero-order valence-electron chi connectivity index (χ0n) is 14.9. The molecule has 1 aromatic heterocycles. The maximum atomic E-state index is 12.9. The molecule has 0 bridgehead atoms. The molecule has 27 heavy (non-hydrogen) atoms. The first-order valence-corrected chi connectivity index (χ1v) is 9.99. The van der Waals surface area contributed by atoms with Gasteiger partial charge in [-0.15, -0.1) is 6.58 Å². The Kier molecular flexibility index (Phi) is 5.86. The molecule has 6 heteroatoms. The average Bonchev–Trinajstić information content (AvgIpc) is 3.28. The number of hydrogen-bond donors (Lipinski definition) is 0. The summed E-state index contributed by atoms with van der Waals surface area (Å²) in [6.07, 6.45) is 3.76. The molecular formula is C21H21NO4S. The minimum absolute atomic E-state index is 0.123. The van der Waals surface area contributed by atoms with E-state index >= 15 is 0 Å². The SMILES string of the molecule is C=CCOC(=O)C1CCn2c(C(=O)c3ccc(S(=O)CC=C)cc3)ccc21. The molecule has 5 nitrogen and oxygen atoms in total. The maximum Gasteiger partial charge on any atom is 0.315 e. The summed E-state index contributed by atoms with van der Waals surface area (Å²) < 4.78 is 19.0. The van der Waals surface area contributed by atoms with Crippen LogP contribution in [0.4, 0.5) is 0 Å². The van der Waals surface area contributed by atoms with Crippen LogP contribution in [0.5, 0.6) is 0 Å². The van der Waals surface area contributed by atoms with Gasteiger partial charge in [0.2, 0.25) is 5.78 Å². The largest absolute Gasteiger partial charge is 0.461 e. The van der Waals surface area contributed by atoms with Gasteiger partial charge in [0.05, 0.1) is 22.4 Å². The van der Waals surface area contributed by atoms with Crippen LogP contribution in [0.25, 0.3) is 0 Å². The highest BCUT2D eigenvalue weighted by Gasteiger charge is 2.32. The zero-order valence-corrected chi connectivity index (χ0v) is 15.7. The lowest BCUT2D eigenvalue weighted by Crippen LogP contribution is -2.14. The van der Waals surface area contributed by atoms with E-state index < -0.39 is 10.8 Å². The van der Waals surface area contributed by atoms with Crippen LogP contribution in [0.2, 0.25) is 0 Å². The van der Waals surface area contributed by atoms with Crippen LogP contribution in [0.15, 0.2) is 66.6 Å². The molecule has 3 rings (SSSR count). The fourth-order valence-electron chi connectivity index (χ4n) is 3.23. The molecule has 2 heterocycles. The first-order valence-electron chi connectivity index (χ1n) is 8.67. The van der Waals surface area contributed by atoms with Crippen LogP contribution in [0.1, 0.15) is 34.1 Å². The second-order valence-electron chi connectivity index (χ2n) is 6.21. The minimum atomic E-state index is -1.15. The molecular weight excluding hydrogens is 362 g/mol. The number of ketones is 1. The van der Waals surface area contributed by atoms with Crippen LogP contribution in [-0.4, -0.2) is 32.9 Å². The fourth-order valence-corrected chi connectivity index (χ4v) is 4.08. The van der Waals surface area contributed by atoms with Gasteiger partial charge in [-0.3, -0.25) is 13.8 Å². The summed E-state index contributed by atoms with van der Waals surface area (Å²) in [5.41, 5.74) is 1.87. The number of ether oxygens (including phenoxy) is 1. The lowest BCUT2D eigenvalue weighted by Gasteiger charge is -2.08. The van der Waals surface area contributed by atoms with Crippen molar-refractivity contribution in [3.05, 3.63) is 78.7 Å². The van der Waals surface area contributed by atoms with E-state index in [-0.39, 0.29) is 24.3 Å². The number of nitrogens with zero attached hydrogens (tertiary/aromatic N) is 1. The summed E-state index contributed by atoms with van der Waals surface area (Å²) in [5.74, 6) is -0.388. The Morgan fingerprint density at radius 2 is 1.89 bits per heavy atom. The van der Waals surface area contributed by atoms with Gasteiger partial charge in [0.15, 0.2) is 0 Å². The van der Waals surface area contributed by atoms with E-state index in [0.29, 0.717) is 34.9 Å². The third-order valence-electron chi connectivity index (χ3n) is 4.52. The zero-order chi connectivity index (χ0) is 19.4. The predicted octanol–water partition coefficient (Wildman–Crippen LogP) is 3.23. The first kappa shape index (κ1) is 19.0. The fraction of sp³-hybridized carbons (Fsp3) is 0.238. The van der Waals surface area contributed by atoms with E-state index in [1.807, 2.05) is 10.6 Å². The van der Waals surface area contributed by atoms with Gasteiger partial charge in [-0.25, -0.2) is 0 Å². The van der Waals surface area contributed by atoms with Crippen LogP contribution in [-0.2, 0) is 26.9 Å². The molecule has 0 fully saturated rings. The van der Waals surface area contributed by atoms with Gasteiger partial charge in [-0.1, -0.05) is 18.7 Å². The van der Waals surface area contributed by atoms with Crippen molar-refractivity contribution in [2.45, 2.75) is 23.8 Å². The molecule has 2 aromatic rings. The summed E-state index contributed by atoms with van der Waals surface area (Å²) in [4.78, 5) is 25.7. The molecule has 140 valence electrons. The van der Waals surface area contributed by atoms with Crippen molar-refractivity contribution in [2.24, 2.45) is 0 Å². The molecule has 1 aliphatic rings. The van der Waals surface area contributed by atoms with Crippen LogP contribution in [0.3, 0.4) is 0 Å². The number of benzene rings is 1.